The molecule has 3 fully saturated rings. The molecule has 2 aromatic carbocycles. The molecule has 29 nitrogen and oxygen atoms in total. The normalized spacial score (nSPS) is 18.7. The molecular formula is C98H162N6O23. The fraction of sp³-hybridized carbons (Fsp3) is 0.735. The van der Waals surface area contributed by atoms with Gasteiger partial charge in [-0.05, 0) is 196 Å². The number of carbonyl (C=O) groups excluding carboxylic acids is 11. The number of aliphatic carboxylic acids is 3. The molecule has 4 amide bonds. The van der Waals surface area contributed by atoms with Crippen LogP contribution in [0.1, 0.15) is 283 Å². The number of nitrogens with one attached hydrogen (secondary N) is 2. The molecule has 0 aromatic heterocycles. The van der Waals surface area contributed by atoms with Crippen molar-refractivity contribution in [3.05, 3.63) is 59.7 Å². The molecule has 12 atom stereocenters. The lowest BCUT2D eigenvalue weighted by atomic mass is 9.63. The SMILES string of the molecule is CC(C)CN.CCC(C)(C)CC1C(=O)OC(=O)C1C.CCO.CCOC(=O)C(C(CCC(C)(C)CC1C(=O)OC(=O)C1C)C(=O)O)C(C)(C)CCC(C(=O)O)C(C(=O)NCC(C)C)C(C)(C)CCC1C(=O)N(CC(C)C)C(=O)C1CC(C)(C)CCC(C(=O)O)C(C(=O)OCCNC(=O)c1ccc(N(C)C)cc1)C(C)(C)CC.CN(C)c1ccc(C(=O)CCCO)cc1. The van der Waals surface area contributed by atoms with Gasteiger partial charge in [0.25, 0.3) is 5.91 Å². The van der Waals surface area contributed by atoms with E-state index in [-0.39, 0.29) is 169 Å². The second-order valence-electron chi connectivity index (χ2n) is 40.8. The van der Waals surface area contributed by atoms with Crippen molar-refractivity contribution in [2.75, 3.05) is 90.6 Å². The molecule has 0 bridgehead atoms. The number of cyclic esters (lactones) is 4. The van der Waals surface area contributed by atoms with Crippen LogP contribution in [0.25, 0.3) is 0 Å². The lowest BCUT2D eigenvalue weighted by Gasteiger charge is -2.41. The van der Waals surface area contributed by atoms with Gasteiger partial charge in [-0.25, -0.2) is 0 Å². The molecule has 5 rings (SSSR count). The maximum atomic E-state index is 14.7. The van der Waals surface area contributed by atoms with Crippen LogP contribution in [0.4, 0.5) is 11.4 Å². The number of carbonyl (C=O) groups is 14. The monoisotopic (exact) mass is 1790 g/mol. The number of ether oxygens (including phenoxy) is 4. The van der Waals surface area contributed by atoms with Crippen LogP contribution >= 0.6 is 0 Å². The molecule has 2 aromatic rings. The largest absolute Gasteiger partial charge is 0.481 e. The average Bonchev–Trinajstić information content (AvgIpc) is 1.67. The number of esters is 6. The van der Waals surface area contributed by atoms with E-state index in [2.05, 4.69) is 50.0 Å². The van der Waals surface area contributed by atoms with E-state index in [1.807, 2.05) is 151 Å². The van der Waals surface area contributed by atoms with Gasteiger partial charge in [-0.2, -0.15) is 0 Å². The highest BCUT2D eigenvalue weighted by atomic mass is 16.6. The lowest BCUT2D eigenvalue weighted by Crippen LogP contribution is -2.48. The molecular weight excluding hydrogens is 1630 g/mol. The van der Waals surface area contributed by atoms with Crippen molar-refractivity contribution in [1.82, 2.24) is 15.5 Å². The Hall–Kier alpha value is -8.70. The highest BCUT2D eigenvalue weighted by molar-refractivity contribution is 6.05. The van der Waals surface area contributed by atoms with E-state index in [0.717, 1.165) is 30.8 Å². The number of rotatable bonds is 48. The Morgan fingerprint density at radius 1 is 0.496 bits per heavy atom. The summed E-state index contributed by atoms with van der Waals surface area (Å²) < 4.78 is 20.7. The van der Waals surface area contributed by atoms with Gasteiger partial charge in [0.15, 0.2) is 5.78 Å². The number of anilines is 2. The van der Waals surface area contributed by atoms with Gasteiger partial charge < -0.3 is 70.6 Å². The van der Waals surface area contributed by atoms with E-state index in [1.54, 1.807) is 67.5 Å². The number of Topliss-reactive ketones (excluding diaryl/α,β-unsaturated/α-hetero) is 1. The number of hydrogen-bond acceptors (Lipinski definition) is 23. The molecule has 0 aliphatic carbocycles. The maximum absolute atomic E-state index is 14.7. The van der Waals surface area contributed by atoms with E-state index in [9.17, 15) is 82.4 Å². The Labute approximate surface area is 757 Å². The van der Waals surface area contributed by atoms with Crippen molar-refractivity contribution in [2.24, 2.45) is 127 Å². The molecule has 29 heteroatoms. The number of carboxylic acids is 3. The highest BCUT2D eigenvalue weighted by Gasteiger charge is 2.54. The van der Waals surface area contributed by atoms with Gasteiger partial charge in [0.1, 0.15) is 6.61 Å². The Bertz CT molecular complexity index is 3880. The molecule has 3 aliphatic rings. The van der Waals surface area contributed by atoms with E-state index < -0.39 is 140 Å². The number of ketones is 1. The molecule has 12 unspecified atom stereocenters. The smallest absolute Gasteiger partial charge is 0.317 e. The van der Waals surface area contributed by atoms with Gasteiger partial charge >= 0.3 is 53.7 Å². The number of nitrogens with zero attached hydrogens (tertiary/aromatic N) is 3. The summed E-state index contributed by atoms with van der Waals surface area (Å²) in [6.07, 6.45) is 3.93. The van der Waals surface area contributed by atoms with Crippen LogP contribution in [0, 0.1) is 121 Å². The molecule has 3 heterocycles. The van der Waals surface area contributed by atoms with Gasteiger partial charge in [-0.3, -0.25) is 72.0 Å². The molecule has 0 spiro atoms. The van der Waals surface area contributed by atoms with E-state index >= 15 is 0 Å². The third-order valence-corrected chi connectivity index (χ3v) is 25.3. The summed E-state index contributed by atoms with van der Waals surface area (Å²) in [5.41, 5.74) is 3.71. The first-order valence-electron chi connectivity index (χ1n) is 45.6. The summed E-state index contributed by atoms with van der Waals surface area (Å²) in [5.74, 6) is -19.5. The van der Waals surface area contributed by atoms with Crippen LogP contribution in [0.3, 0.4) is 0 Å². The van der Waals surface area contributed by atoms with E-state index in [4.69, 9.17) is 30.2 Å². The topological polar surface area (TPSA) is 437 Å². The summed E-state index contributed by atoms with van der Waals surface area (Å²) in [6, 6.07) is 14.5. The number of carboxylic acid groups (broad SMARTS) is 3. The molecule has 0 saturated carbocycles. The summed E-state index contributed by atoms with van der Waals surface area (Å²) in [5, 5.41) is 54.8. The fourth-order valence-electron chi connectivity index (χ4n) is 16.4. The quantitative estimate of drug-likeness (QED) is 0.00762. The Balaban J connectivity index is 0.00000177. The zero-order valence-corrected chi connectivity index (χ0v) is 82.0. The zero-order chi connectivity index (χ0) is 97.9. The average molecular weight is 1790 g/mol. The second-order valence-corrected chi connectivity index (χ2v) is 40.8. The highest BCUT2D eigenvalue weighted by Crippen LogP contribution is 2.50. The first kappa shape index (κ1) is 116. The van der Waals surface area contributed by atoms with Crippen LogP contribution in [0.15, 0.2) is 48.5 Å². The van der Waals surface area contributed by atoms with Crippen molar-refractivity contribution in [2.45, 2.75) is 262 Å². The van der Waals surface area contributed by atoms with Gasteiger partial charge in [-0.1, -0.05) is 165 Å². The first-order chi connectivity index (χ1) is 58.7. The number of hydrogen-bond donors (Lipinski definition) is 8. The predicted molar refractivity (Wildman–Crippen MR) is 491 cm³/mol. The minimum atomic E-state index is -1.39. The van der Waals surface area contributed by atoms with Gasteiger partial charge in [-0.15, -0.1) is 0 Å². The molecule has 722 valence electrons. The molecule has 3 saturated heterocycles. The number of aliphatic hydroxyl groups excluding tert-OH is 2. The summed E-state index contributed by atoms with van der Waals surface area (Å²) in [6.45, 7) is 45.8. The van der Waals surface area contributed by atoms with Crippen LogP contribution in [-0.4, -0.2) is 194 Å². The Kier molecular flexibility index (Phi) is 48.9. The fourth-order valence-corrected chi connectivity index (χ4v) is 16.4. The third kappa shape index (κ3) is 37.7. The number of amides is 4. The summed E-state index contributed by atoms with van der Waals surface area (Å²) >= 11 is 0. The van der Waals surface area contributed by atoms with E-state index in [1.165, 1.54) is 4.90 Å². The van der Waals surface area contributed by atoms with Crippen LogP contribution in [-0.2, 0) is 76.5 Å². The van der Waals surface area contributed by atoms with Gasteiger partial charge in [0, 0.05) is 83.4 Å². The molecule has 0 radical (unpaired) electrons. The number of aliphatic hydroxyl groups is 2. The van der Waals surface area contributed by atoms with Gasteiger partial charge in [0.05, 0.1) is 84.2 Å². The minimum absolute atomic E-state index is 0.0124. The third-order valence-electron chi connectivity index (χ3n) is 25.3. The standard InChI is InChI=1S/C69H110N4O17.C12H17NO2.C11H18O3.C4H11N.C2H6O/c1-20-67(12,13)52(64(87)89-35-34-70-54(74)43-22-24-44(25-23-43)72(18)19)47(59(80)81)26-31-66(10,11)37-50-45(56(76)73(57(50)77)39-41(5)6)28-32-68(14,15)51(55(75)71-38-40(3)4)46(58(78)79)29-33-69(16,17)53(63(86)88-21-2)48(60(82)83)27-30-65(8,9)36-49-42(7)61(84)90-62(49)85;1-13(2)11-7-5-10(6-8-11)12(15)4-3-9-14;1-5-11(3,4)6-8-7(2)9(12)14-10(8)13;1-4(2)3-5;1-2-3/h22-25,40-42,45-53H,20-21,26-39H2,1-19H3,(H,70,74)(H,71,75)(H,78,79)(H,80,81)(H,82,83);5-8,14H,3-4,9H2,1-2H3;7-8H,5-6H2,1-4H3;4H,3,5H2,1-2H3;3H,2H2,1H3. The zero-order valence-electron chi connectivity index (χ0n) is 82.0. The van der Waals surface area contributed by atoms with Crippen molar-refractivity contribution >= 4 is 94.5 Å². The maximum Gasteiger partial charge on any atom is 0.317 e. The Morgan fingerprint density at radius 2 is 0.890 bits per heavy atom. The van der Waals surface area contributed by atoms with Crippen LogP contribution < -0.4 is 26.2 Å². The number of imide groups is 1. The Morgan fingerprint density at radius 3 is 1.27 bits per heavy atom. The van der Waals surface area contributed by atoms with Crippen molar-refractivity contribution in [1.29, 1.82) is 0 Å². The van der Waals surface area contributed by atoms with Crippen LogP contribution in [0.2, 0.25) is 0 Å². The van der Waals surface area contributed by atoms with Gasteiger partial charge in [0.2, 0.25) is 17.7 Å². The van der Waals surface area contributed by atoms with Crippen LogP contribution in [0.5, 0.6) is 0 Å². The van der Waals surface area contributed by atoms with Crippen molar-refractivity contribution in [3.8, 4) is 0 Å². The van der Waals surface area contributed by atoms with E-state index in [0.29, 0.717) is 36.3 Å². The number of likely N-dealkylation sites (tertiary alicyclic amines) is 1. The number of benzene rings is 2. The summed E-state index contributed by atoms with van der Waals surface area (Å²) in [4.78, 5) is 189. The molecule has 3 aliphatic heterocycles. The minimum Gasteiger partial charge on any atom is -0.481 e. The summed E-state index contributed by atoms with van der Waals surface area (Å²) in [7, 11) is 7.69. The molecule has 9 N–H and O–H groups in total. The first-order valence-corrected chi connectivity index (χ1v) is 45.6. The lowest BCUT2D eigenvalue weighted by molar-refractivity contribution is -0.164. The second kappa shape index (κ2) is 53.4. The van der Waals surface area contributed by atoms with Crippen molar-refractivity contribution in [3.63, 3.8) is 0 Å². The van der Waals surface area contributed by atoms with Crippen molar-refractivity contribution < 1.29 is 112 Å². The molecule has 127 heavy (non-hydrogen) atoms. The predicted octanol–water partition coefficient (Wildman–Crippen LogP) is 14.8. The number of nitrogens with two attached hydrogens (primary N) is 1.